The Morgan fingerprint density at radius 2 is 1.82 bits per heavy atom. The predicted molar refractivity (Wildman–Crippen MR) is 111 cm³/mol. The summed E-state index contributed by atoms with van der Waals surface area (Å²) in [5.41, 5.74) is 2.02. The van der Waals surface area contributed by atoms with Crippen LogP contribution in [0.2, 0.25) is 0 Å². The molecule has 2 N–H and O–H groups in total. The first-order valence-corrected chi connectivity index (χ1v) is 10.8. The van der Waals surface area contributed by atoms with Crippen molar-refractivity contribution in [2.45, 2.75) is 45.1 Å². The normalized spacial score (nSPS) is 11.5. The Morgan fingerprint density at radius 1 is 1.11 bits per heavy atom. The van der Waals surface area contributed by atoms with Crippen LogP contribution < -0.4 is 10.0 Å². The summed E-state index contributed by atoms with van der Waals surface area (Å²) in [6.07, 6.45) is 0.830. The Balaban J connectivity index is 2.13. The molecule has 152 valence electrons. The number of ether oxygens (including phenoxy) is 1. The van der Waals surface area contributed by atoms with Crippen molar-refractivity contribution in [3.05, 3.63) is 59.2 Å². The largest absolute Gasteiger partial charge is 0.379 e. The van der Waals surface area contributed by atoms with E-state index in [9.17, 15) is 13.2 Å². The summed E-state index contributed by atoms with van der Waals surface area (Å²) >= 11 is 0. The molecule has 0 fully saturated rings. The molecule has 2 aromatic carbocycles. The van der Waals surface area contributed by atoms with Gasteiger partial charge >= 0.3 is 0 Å². The van der Waals surface area contributed by atoms with Crippen LogP contribution in [0.25, 0.3) is 0 Å². The fourth-order valence-electron chi connectivity index (χ4n) is 2.66. The molecule has 7 heteroatoms. The Bertz CT molecular complexity index is 924. The van der Waals surface area contributed by atoms with E-state index >= 15 is 0 Å². The maximum atomic E-state index is 12.9. The molecule has 0 atom stereocenters. The van der Waals surface area contributed by atoms with Gasteiger partial charge in [-0.05, 0) is 63.4 Å². The maximum absolute atomic E-state index is 12.9. The lowest BCUT2D eigenvalue weighted by Gasteiger charge is -2.14. The van der Waals surface area contributed by atoms with Crippen LogP contribution in [0, 0.1) is 13.8 Å². The van der Waals surface area contributed by atoms with Gasteiger partial charge in [0.05, 0.1) is 22.3 Å². The second kappa shape index (κ2) is 9.71. The summed E-state index contributed by atoms with van der Waals surface area (Å²) in [4.78, 5) is 12.7. The van der Waals surface area contributed by atoms with E-state index in [1.165, 1.54) is 0 Å². The zero-order valence-electron chi connectivity index (χ0n) is 16.8. The first-order chi connectivity index (χ1) is 13.2. The highest BCUT2D eigenvalue weighted by atomic mass is 32.2. The first-order valence-electron chi connectivity index (χ1n) is 9.29. The molecule has 0 heterocycles. The number of aryl methyl sites for hydroxylation is 2. The van der Waals surface area contributed by atoms with Crippen LogP contribution in [0.3, 0.4) is 0 Å². The van der Waals surface area contributed by atoms with Gasteiger partial charge in [0.1, 0.15) is 0 Å². The van der Waals surface area contributed by atoms with Gasteiger partial charge in [0.25, 0.3) is 15.9 Å². The minimum Gasteiger partial charge on any atom is -0.379 e. The molecule has 0 aromatic heterocycles. The van der Waals surface area contributed by atoms with E-state index < -0.39 is 10.0 Å². The lowest BCUT2D eigenvalue weighted by atomic mass is 10.1. The number of sulfonamides is 1. The van der Waals surface area contributed by atoms with Crippen molar-refractivity contribution >= 4 is 21.6 Å². The number of nitrogens with one attached hydrogen (secondary N) is 2. The van der Waals surface area contributed by atoms with E-state index in [1.54, 1.807) is 43.3 Å². The van der Waals surface area contributed by atoms with E-state index in [1.807, 2.05) is 26.8 Å². The second-order valence-electron chi connectivity index (χ2n) is 6.95. The van der Waals surface area contributed by atoms with Gasteiger partial charge in [-0.15, -0.1) is 0 Å². The molecule has 0 saturated heterocycles. The standard InChI is InChI=1S/C21H28N2O4S/c1-15(2)27-13-7-12-22-21(24)18-8-5-6-9-19(18)23-28(25,26)20-14-16(3)10-11-17(20)4/h5-6,8-11,14-15,23H,7,12-13H2,1-4H3,(H,22,24). The van der Waals surface area contributed by atoms with Crippen molar-refractivity contribution in [1.82, 2.24) is 5.32 Å². The first kappa shape index (κ1) is 21.9. The van der Waals surface area contributed by atoms with Crippen LogP contribution in [-0.2, 0) is 14.8 Å². The molecule has 2 rings (SSSR count). The van der Waals surface area contributed by atoms with Crippen LogP contribution in [0.5, 0.6) is 0 Å². The van der Waals surface area contributed by atoms with Gasteiger partial charge in [-0.3, -0.25) is 9.52 Å². The third kappa shape index (κ3) is 6.07. The number of carbonyl (C=O) groups excluding carboxylic acids is 1. The van der Waals surface area contributed by atoms with E-state index in [2.05, 4.69) is 10.0 Å². The Labute approximate surface area is 167 Å². The van der Waals surface area contributed by atoms with Gasteiger partial charge in [0.2, 0.25) is 0 Å². The third-order valence-corrected chi connectivity index (χ3v) is 5.61. The maximum Gasteiger partial charge on any atom is 0.262 e. The molecule has 0 spiro atoms. The predicted octanol–water partition coefficient (Wildman–Crippen LogP) is 3.65. The molecule has 0 radical (unpaired) electrons. The Kier molecular flexibility index (Phi) is 7.60. The molecular weight excluding hydrogens is 376 g/mol. The molecule has 0 aliphatic rings. The molecule has 2 aromatic rings. The number of hydrogen-bond donors (Lipinski definition) is 2. The fraction of sp³-hybridized carbons (Fsp3) is 0.381. The van der Waals surface area contributed by atoms with Gasteiger partial charge in [-0.25, -0.2) is 8.42 Å². The van der Waals surface area contributed by atoms with E-state index in [0.29, 0.717) is 25.1 Å². The molecule has 0 aliphatic heterocycles. The summed E-state index contributed by atoms with van der Waals surface area (Å²) in [6.45, 7) is 8.49. The molecular formula is C21H28N2O4S. The number of para-hydroxylation sites is 1. The smallest absolute Gasteiger partial charge is 0.262 e. The highest BCUT2D eigenvalue weighted by Gasteiger charge is 2.20. The number of amides is 1. The lowest BCUT2D eigenvalue weighted by Crippen LogP contribution is -2.27. The van der Waals surface area contributed by atoms with E-state index in [-0.39, 0.29) is 28.2 Å². The average Bonchev–Trinajstić information content (AvgIpc) is 2.63. The van der Waals surface area contributed by atoms with Gasteiger partial charge in [-0.2, -0.15) is 0 Å². The van der Waals surface area contributed by atoms with Crippen LogP contribution in [-0.4, -0.2) is 33.6 Å². The van der Waals surface area contributed by atoms with E-state index in [4.69, 9.17) is 4.74 Å². The van der Waals surface area contributed by atoms with Crippen molar-refractivity contribution in [1.29, 1.82) is 0 Å². The topological polar surface area (TPSA) is 84.5 Å². The van der Waals surface area contributed by atoms with Crippen molar-refractivity contribution in [2.75, 3.05) is 17.9 Å². The third-order valence-electron chi connectivity index (χ3n) is 4.11. The molecule has 0 aliphatic carbocycles. The summed E-state index contributed by atoms with van der Waals surface area (Å²) in [5, 5.41) is 2.81. The summed E-state index contributed by atoms with van der Waals surface area (Å²) in [7, 11) is -3.81. The van der Waals surface area contributed by atoms with Crippen molar-refractivity contribution < 1.29 is 17.9 Å². The quantitative estimate of drug-likeness (QED) is 0.625. The number of anilines is 1. The molecule has 0 bridgehead atoms. The zero-order chi connectivity index (χ0) is 20.7. The SMILES string of the molecule is Cc1ccc(C)c(S(=O)(=O)Nc2ccccc2C(=O)NCCCOC(C)C)c1. The van der Waals surface area contributed by atoms with Crippen molar-refractivity contribution in [3.63, 3.8) is 0 Å². The highest BCUT2D eigenvalue weighted by molar-refractivity contribution is 7.92. The number of rotatable bonds is 9. The molecule has 28 heavy (non-hydrogen) atoms. The molecule has 0 saturated carbocycles. The second-order valence-corrected chi connectivity index (χ2v) is 8.60. The molecule has 6 nitrogen and oxygen atoms in total. The van der Waals surface area contributed by atoms with Gasteiger partial charge in [0.15, 0.2) is 0 Å². The van der Waals surface area contributed by atoms with Crippen molar-refractivity contribution in [3.8, 4) is 0 Å². The zero-order valence-corrected chi connectivity index (χ0v) is 17.6. The average molecular weight is 405 g/mol. The summed E-state index contributed by atoms with van der Waals surface area (Å²) < 4.78 is 33.7. The number of carbonyl (C=O) groups is 1. The van der Waals surface area contributed by atoms with E-state index in [0.717, 1.165) is 5.56 Å². The van der Waals surface area contributed by atoms with Crippen LogP contribution >= 0.6 is 0 Å². The number of benzene rings is 2. The lowest BCUT2D eigenvalue weighted by molar-refractivity contribution is 0.0757. The monoisotopic (exact) mass is 404 g/mol. The Morgan fingerprint density at radius 3 is 2.54 bits per heavy atom. The highest BCUT2D eigenvalue weighted by Crippen LogP contribution is 2.23. The fourth-order valence-corrected chi connectivity index (χ4v) is 4.07. The van der Waals surface area contributed by atoms with Gasteiger partial charge < -0.3 is 10.1 Å². The minimum absolute atomic E-state index is 0.149. The minimum atomic E-state index is -3.81. The van der Waals surface area contributed by atoms with Crippen LogP contribution in [0.15, 0.2) is 47.4 Å². The van der Waals surface area contributed by atoms with Crippen LogP contribution in [0.4, 0.5) is 5.69 Å². The number of hydrogen-bond acceptors (Lipinski definition) is 4. The van der Waals surface area contributed by atoms with Gasteiger partial charge in [-0.1, -0.05) is 24.3 Å². The summed E-state index contributed by atoms with van der Waals surface area (Å²) in [6, 6.07) is 11.8. The molecule has 1 amide bonds. The van der Waals surface area contributed by atoms with Gasteiger partial charge in [0, 0.05) is 13.2 Å². The molecule has 0 unspecified atom stereocenters. The van der Waals surface area contributed by atoms with Crippen LogP contribution in [0.1, 0.15) is 41.8 Å². The Hall–Kier alpha value is -2.38. The summed E-state index contributed by atoms with van der Waals surface area (Å²) in [5.74, 6) is -0.330. The van der Waals surface area contributed by atoms with Crippen molar-refractivity contribution in [2.24, 2.45) is 0 Å².